The molecule has 2 rings (SSSR count). The number of hydrogen-bond acceptors (Lipinski definition) is 5. The Labute approximate surface area is 100 Å². The summed E-state index contributed by atoms with van der Waals surface area (Å²) in [6, 6.07) is 1.72. The van der Waals surface area contributed by atoms with Crippen molar-refractivity contribution < 1.29 is 4.79 Å². The van der Waals surface area contributed by atoms with Crippen molar-refractivity contribution in [1.29, 1.82) is 0 Å². The highest BCUT2D eigenvalue weighted by molar-refractivity contribution is 5.82. The lowest BCUT2D eigenvalue weighted by atomic mass is 10.3. The molecule has 1 fully saturated rings. The Balaban J connectivity index is 2.21. The second-order valence-electron chi connectivity index (χ2n) is 4.09. The van der Waals surface area contributed by atoms with Gasteiger partial charge < -0.3 is 16.0 Å². The van der Waals surface area contributed by atoms with Crippen molar-refractivity contribution >= 4 is 17.5 Å². The zero-order valence-electron chi connectivity index (χ0n) is 9.94. The molecule has 0 unspecified atom stereocenters. The maximum absolute atomic E-state index is 11.3. The summed E-state index contributed by atoms with van der Waals surface area (Å²) in [5.41, 5.74) is 5.75. The van der Waals surface area contributed by atoms with Crippen LogP contribution < -0.4 is 16.0 Å². The number of nitrogens with two attached hydrogens (primary N) is 1. The van der Waals surface area contributed by atoms with Gasteiger partial charge in [-0.15, -0.1) is 0 Å². The van der Waals surface area contributed by atoms with Crippen LogP contribution in [0.1, 0.15) is 19.2 Å². The van der Waals surface area contributed by atoms with Gasteiger partial charge in [0.15, 0.2) is 0 Å². The van der Waals surface area contributed by atoms with Crippen LogP contribution in [-0.2, 0) is 11.2 Å². The predicted molar refractivity (Wildman–Crippen MR) is 65.7 cm³/mol. The zero-order valence-corrected chi connectivity index (χ0v) is 9.94. The molecule has 0 spiro atoms. The molecule has 0 atom stereocenters. The number of nitrogens with zero attached hydrogens (tertiary/aromatic N) is 3. The summed E-state index contributed by atoms with van der Waals surface area (Å²) >= 11 is 0. The number of carbonyl (C=O) groups is 1. The van der Waals surface area contributed by atoms with E-state index in [1.807, 2.05) is 4.90 Å². The summed E-state index contributed by atoms with van der Waals surface area (Å²) in [5.74, 6) is 1.97. The van der Waals surface area contributed by atoms with E-state index in [-0.39, 0.29) is 5.91 Å². The third-order valence-electron chi connectivity index (χ3n) is 2.61. The number of carbonyl (C=O) groups excluding carboxylic acids is 1. The van der Waals surface area contributed by atoms with Gasteiger partial charge in [0.05, 0.1) is 6.54 Å². The highest BCUT2D eigenvalue weighted by atomic mass is 16.2. The lowest BCUT2D eigenvalue weighted by Gasteiger charge is -2.27. The van der Waals surface area contributed by atoms with E-state index >= 15 is 0 Å². The van der Waals surface area contributed by atoms with Gasteiger partial charge in [0, 0.05) is 25.6 Å². The molecule has 1 aliphatic rings. The number of anilines is 2. The molecule has 1 amide bonds. The number of piperazine rings is 1. The maximum Gasteiger partial charge on any atom is 0.239 e. The molecule has 1 aliphatic heterocycles. The van der Waals surface area contributed by atoms with Gasteiger partial charge in [-0.05, 0) is 6.42 Å². The second kappa shape index (κ2) is 4.99. The van der Waals surface area contributed by atoms with E-state index in [1.54, 1.807) is 6.07 Å². The molecule has 0 aromatic carbocycles. The highest BCUT2D eigenvalue weighted by Crippen LogP contribution is 2.15. The highest BCUT2D eigenvalue weighted by Gasteiger charge is 2.18. The molecule has 1 saturated heterocycles. The summed E-state index contributed by atoms with van der Waals surface area (Å²) in [4.78, 5) is 21.9. The Morgan fingerprint density at radius 3 is 3.06 bits per heavy atom. The third kappa shape index (κ3) is 2.83. The normalized spacial score (nSPS) is 15.8. The Morgan fingerprint density at radius 1 is 1.53 bits per heavy atom. The minimum Gasteiger partial charge on any atom is -0.384 e. The van der Waals surface area contributed by atoms with E-state index in [4.69, 9.17) is 5.73 Å². The molecule has 17 heavy (non-hydrogen) atoms. The molecule has 2 heterocycles. The molecule has 1 aromatic rings. The molecular weight excluding hydrogens is 218 g/mol. The molecule has 0 aliphatic carbocycles. The van der Waals surface area contributed by atoms with E-state index in [9.17, 15) is 4.79 Å². The van der Waals surface area contributed by atoms with Crippen LogP contribution in [0.15, 0.2) is 6.07 Å². The number of rotatable bonds is 3. The van der Waals surface area contributed by atoms with E-state index in [2.05, 4.69) is 22.2 Å². The van der Waals surface area contributed by atoms with Gasteiger partial charge in [0.2, 0.25) is 5.91 Å². The lowest BCUT2D eigenvalue weighted by molar-refractivity contribution is -0.120. The summed E-state index contributed by atoms with van der Waals surface area (Å²) in [7, 11) is 0. The molecule has 0 radical (unpaired) electrons. The van der Waals surface area contributed by atoms with Crippen LogP contribution in [0.4, 0.5) is 11.6 Å². The summed E-state index contributed by atoms with van der Waals surface area (Å²) in [5, 5.41) is 2.78. The Kier molecular flexibility index (Phi) is 3.41. The molecule has 0 saturated carbocycles. The second-order valence-corrected chi connectivity index (χ2v) is 4.09. The first-order valence-electron chi connectivity index (χ1n) is 5.84. The van der Waals surface area contributed by atoms with Crippen LogP contribution in [0.5, 0.6) is 0 Å². The summed E-state index contributed by atoms with van der Waals surface area (Å²) in [6.07, 6.45) is 1.78. The quantitative estimate of drug-likeness (QED) is 0.767. The Hall–Kier alpha value is -1.85. The van der Waals surface area contributed by atoms with E-state index in [0.717, 1.165) is 31.0 Å². The largest absolute Gasteiger partial charge is 0.384 e. The van der Waals surface area contributed by atoms with Gasteiger partial charge in [-0.3, -0.25) is 4.79 Å². The smallest absolute Gasteiger partial charge is 0.239 e. The van der Waals surface area contributed by atoms with Crippen LogP contribution in [0.3, 0.4) is 0 Å². The van der Waals surface area contributed by atoms with Gasteiger partial charge in [-0.2, -0.15) is 0 Å². The van der Waals surface area contributed by atoms with Crippen LogP contribution in [-0.4, -0.2) is 35.5 Å². The number of nitrogens with one attached hydrogen (secondary N) is 1. The molecule has 6 heteroatoms. The van der Waals surface area contributed by atoms with Crippen LogP contribution >= 0.6 is 0 Å². The van der Waals surface area contributed by atoms with Gasteiger partial charge in [-0.1, -0.05) is 6.92 Å². The Morgan fingerprint density at radius 2 is 2.35 bits per heavy atom. The first-order chi connectivity index (χ1) is 8.19. The van der Waals surface area contributed by atoms with E-state index in [1.165, 1.54) is 0 Å². The third-order valence-corrected chi connectivity index (χ3v) is 2.61. The molecular formula is C11H17N5O. The molecule has 0 bridgehead atoms. The fourth-order valence-corrected chi connectivity index (χ4v) is 1.83. The van der Waals surface area contributed by atoms with Gasteiger partial charge in [-0.25, -0.2) is 9.97 Å². The van der Waals surface area contributed by atoms with Gasteiger partial charge in [0.25, 0.3) is 0 Å². The van der Waals surface area contributed by atoms with E-state index < -0.39 is 0 Å². The van der Waals surface area contributed by atoms with Crippen molar-refractivity contribution in [3.63, 3.8) is 0 Å². The monoisotopic (exact) mass is 235 g/mol. The molecule has 1 aromatic heterocycles. The van der Waals surface area contributed by atoms with Crippen LogP contribution in [0.2, 0.25) is 0 Å². The minimum atomic E-state index is 0.0190. The average molecular weight is 235 g/mol. The number of amides is 1. The Bertz CT molecular complexity index is 420. The van der Waals surface area contributed by atoms with Gasteiger partial charge >= 0.3 is 0 Å². The number of aryl methyl sites for hydroxylation is 1. The van der Waals surface area contributed by atoms with Crippen molar-refractivity contribution in [2.75, 3.05) is 30.3 Å². The predicted octanol–water partition coefficient (Wildman–Crippen LogP) is -0.0525. The standard InChI is InChI=1S/C11H17N5O/c1-2-3-9-14-8(12)6-10(15-9)16-5-4-13-11(17)7-16/h6H,2-5,7H2,1H3,(H,13,17)(H2,12,14,15). The average Bonchev–Trinajstić information content (AvgIpc) is 2.28. The SMILES string of the molecule is CCCc1nc(N)cc(N2CCNC(=O)C2)n1. The summed E-state index contributed by atoms with van der Waals surface area (Å²) in [6.45, 7) is 3.81. The van der Waals surface area contributed by atoms with Crippen molar-refractivity contribution in [2.24, 2.45) is 0 Å². The number of aromatic nitrogens is 2. The number of nitrogen functional groups attached to an aromatic ring is 1. The fourth-order valence-electron chi connectivity index (χ4n) is 1.83. The van der Waals surface area contributed by atoms with Crippen LogP contribution in [0, 0.1) is 0 Å². The maximum atomic E-state index is 11.3. The lowest BCUT2D eigenvalue weighted by Crippen LogP contribution is -2.48. The number of hydrogen-bond donors (Lipinski definition) is 2. The zero-order chi connectivity index (χ0) is 12.3. The van der Waals surface area contributed by atoms with Crippen LogP contribution in [0.25, 0.3) is 0 Å². The fraction of sp³-hybridized carbons (Fsp3) is 0.545. The molecule has 92 valence electrons. The van der Waals surface area contributed by atoms with Crippen molar-refractivity contribution in [3.8, 4) is 0 Å². The minimum absolute atomic E-state index is 0.0190. The topological polar surface area (TPSA) is 84.1 Å². The van der Waals surface area contributed by atoms with Gasteiger partial charge in [0.1, 0.15) is 17.5 Å². The molecule has 6 nitrogen and oxygen atoms in total. The first kappa shape index (κ1) is 11.6. The molecule has 3 N–H and O–H groups in total. The summed E-state index contributed by atoms with van der Waals surface area (Å²) < 4.78 is 0. The first-order valence-corrected chi connectivity index (χ1v) is 5.84. The van der Waals surface area contributed by atoms with E-state index in [0.29, 0.717) is 18.9 Å². The van der Waals surface area contributed by atoms with Crippen molar-refractivity contribution in [1.82, 2.24) is 15.3 Å². The van der Waals surface area contributed by atoms with Crippen molar-refractivity contribution in [2.45, 2.75) is 19.8 Å². The van der Waals surface area contributed by atoms with Crippen molar-refractivity contribution in [3.05, 3.63) is 11.9 Å².